The van der Waals surface area contributed by atoms with E-state index in [4.69, 9.17) is 14.2 Å². The van der Waals surface area contributed by atoms with Gasteiger partial charge in [0.25, 0.3) is 0 Å². The van der Waals surface area contributed by atoms with Gasteiger partial charge in [0.2, 0.25) is 0 Å². The Morgan fingerprint density at radius 1 is 1.03 bits per heavy atom. The summed E-state index contributed by atoms with van der Waals surface area (Å²) in [6.07, 6.45) is 6.13. The van der Waals surface area contributed by atoms with Gasteiger partial charge in [-0.15, -0.1) is 0 Å². The third-order valence-corrected chi connectivity index (χ3v) is 8.03. The van der Waals surface area contributed by atoms with E-state index in [0.29, 0.717) is 19.3 Å². The number of rotatable bonds is 7. The van der Waals surface area contributed by atoms with E-state index in [-0.39, 0.29) is 46.7 Å². The van der Waals surface area contributed by atoms with Crippen molar-refractivity contribution in [2.24, 2.45) is 22.7 Å². The van der Waals surface area contributed by atoms with Gasteiger partial charge in [0.05, 0.1) is 0 Å². The fraction of sp³-hybridized carbons (Fsp3) is 0.808. The van der Waals surface area contributed by atoms with E-state index in [1.54, 1.807) is 6.08 Å². The summed E-state index contributed by atoms with van der Waals surface area (Å²) in [5.74, 6) is -0.870. The lowest BCUT2D eigenvalue weighted by Crippen LogP contribution is -2.64. The van der Waals surface area contributed by atoms with Crippen LogP contribution in [0.5, 0.6) is 0 Å². The number of ether oxygens (including phenoxy) is 3. The zero-order valence-electron chi connectivity index (χ0n) is 21.2. The Bertz CT molecular complexity index is 757. The van der Waals surface area contributed by atoms with Crippen molar-refractivity contribution in [3.8, 4) is 0 Å². The minimum absolute atomic E-state index is 0.00474. The monoisotopic (exact) mass is 450 g/mol. The van der Waals surface area contributed by atoms with Gasteiger partial charge in [-0.2, -0.15) is 0 Å². The summed E-state index contributed by atoms with van der Waals surface area (Å²) >= 11 is 0. The van der Waals surface area contributed by atoms with Crippen molar-refractivity contribution in [1.82, 2.24) is 0 Å². The quantitative estimate of drug-likeness (QED) is 0.294. The van der Waals surface area contributed by atoms with Crippen molar-refractivity contribution in [2.75, 3.05) is 0 Å². The Balaban J connectivity index is 2.53. The van der Waals surface area contributed by atoms with Crippen LogP contribution in [0.1, 0.15) is 93.9 Å². The summed E-state index contributed by atoms with van der Waals surface area (Å²) in [6, 6.07) is 0. The molecule has 0 saturated heterocycles. The van der Waals surface area contributed by atoms with Crippen molar-refractivity contribution < 1.29 is 28.6 Å². The molecule has 0 spiro atoms. The molecule has 0 amide bonds. The molecule has 0 aromatic carbocycles. The number of hydrogen-bond acceptors (Lipinski definition) is 6. The number of esters is 3. The highest BCUT2D eigenvalue weighted by Crippen LogP contribution is 2.64. The number of hydrogen-bond donors (Lipinski definition) is 0. The summed E-state index contributed by atoms with van der Waals surface area (Å²) < 4.78 is 17.5. The predicted octanol–water partition coefficient (Wildman–Crippen LogP) is 5.38. The number of carbonyl (C=O) groups is 3. The topological polar surface area (TPSA) is 78.9 Å². The molecule has 0 N–H and O–H groups in total. The number of carbonyl (C=O) groups excluding carboxylic acids is 3. The molecular formula is C26H42O6. The molecule has 6 heteroatoms. The first-order chi connectivity index (χ1) is 14.6. The van der Waals surface area contributed by atoms with Gasteiger partial charge in [-0.3, -0.25) is 14.4 Å². The molecule has 2 rings (SSSR count). The standard InChI is InChI=1S/C26H42O6/c1-10-24(7,31-18(3)28)15-12-21-25(8)14-11-13-23(5,6)22(25)20(30-17(2)27)16-26(21,9)32-19(4)29/h10,20-22H,1,11-16H2,2-9H3. The van der Waals surface area contributed by atoms with Crippen LogP contribution in [-0.2, 0) is 28.6 Å². The number of fused-ring (bicyclic) bond motifs is 1. The molecule has 2 aliphatic carbocycles. The zero-order valence-corrected chi connectivity index (χ0v) is 21.2. The molecule has 0 radical (unpaired) electrons. The van der Waals surface area contributed by atoms with E-state index in [9.17, 15) is 14.4 Å². The molecule has 0 aromatic heterocycles. The summed E-state index contributed by atoms with van der Waals surface area (Å²) in [7, 11) is 0. The SMILES string of the molecule is C=CC(C)(CCC1C(C)(OC(C)=O)CC(OC(C)=O)C2C(C)(C)CCCC21C)OC(C)=O. The molecule has 2 aliphatic rings. The molecule has 32 heavy (non-hydrogen) atoms. The second kappa shape index (κ2) is 9.18. The minimum atomic E-state index is -0.803. The molecule has 6 nitrogen and oxygen atoms in total. The summed E-state index contributed by atoms with van der Waals surface area (Å²) in [4.78, 5) is 35.9. The third-order valence-electron chi connectivity index (χ3n) is 8.03. The fourth-order valence-electron chi connectivity index (χ4n) is 7.16. The summed E-state index contributed by atoms with van der Waals surface area (Å²) in [5.41, 5.74) is -1.85. The third kappa shape index (κ3) is 5.37. The van der Waals surface area contributed by atoms with Crippen molar-refractivity contribution in [3.63, 3.8) is 0 Å². The molecule has 0 bridgehead atoms. The maximum Gasteiger partial charge on any atom is 0.303 e. The van der Waals surface area contributed by atoms with E-state index in [1.807, 2.05) is 13.8 Å². The van der Waals surface area contributed by atoms with Crippen LogP contribution >= 0.6 is 0 Å². The summed E-state index contributed by atoms with van der Waals surface area (Å²) in [5, 5.41) is 0. The minimum Gasteiger partial charge on any atom is -0.462 e. The molecule has 6 atom stereocenters. The zero-order chi connectivity index (χ0) is 24.5. The van der Waals surface area contributed by atoms with Gasteiger partial charge in [0.15, 0.2) is 0 Å². The average molecular weight is 451 g/mol. The second-order valence-electron chi connectivity index (χ2n) is 11.3. The molecular weight excluding hydrogens is 408 g/mol. The Morgan fingerprint density at radius 3 is 2.16 bits per heavy atom. The Hall–Kier alpha value is -1.85. The van der Waals surface area contributed by atoms with Crippen molar-refractivity contribution in [1.29, 1.82) is 0 Å². The smallest absolute Gasteiger partial charge is 0.303 e. The lowest BCUT2D eigenvalue weighted by Gasteiger charge is -2.63. The summed E-state index contributed by atoms with van der Waals surface area (Å²) in [6.45, 7) is 18.7. The van der Waals surface area contributed by atoms with E-state index >= 15 is 0 Å². The molecule has 6 unspecified atom stereocenters. The van der Waals surface area contributed by atoms with E-state index in [1.165, 1.54) is 20.8 Å². The molecule has 182 valence electrons. The normalized spacial score (nSPS) is 35.6. The van der Waals surface area contributed by atoms with Gasteiger partial charge in [-0.1, -0.05) is 33.8 Å². The van der Waals surface area contributed by atoms with Gasteiger partial charge in [0, 0.05) is 39.0 Å². The lowest BCUT2D eigenvalue weighted by atomic mass is 9.44. The first kappa shape index (κ1) is 26.4. The van der Waals surface area contributed by atoms with Crippen LogP contribution in [-0.4, -0.2) is 35.2 Å². The Kier molecular flexibility index (Phi) is 7.58. The average Bonchev–Trinajstić information content (AvgIpc) is 2.57. The van der Waals surface area contributed by atoms with E-state index < -0.39 is 11.2 Å². The molecule has 2 fully saturated rings. The van der Waals surface area contributed by atoms with Crippen LogP contribution < -0.4 is 0 Å². The van der Waals surface area contributed by atoms with Gasteiger partial charge in [0.1, 0.15) is 17.3 Å². The van der Waals surface area contributed by atoms with Gasteiger partial charge < -0.3 is 14.2 Å². The molecule has 2 saturated carbocycles. The first-order valence-corrected chi connectivity index (χ1v) is 11.8. The van der Waals surface area contributed by atoms with Crippen LogP contribution in [0, 0.1) is 22.7 Å². The first-order valence-electron chi connectivity index (χ1n) is 11.8. The maximum atomic E-state index is 12.2. The van der Waals surface area contributed by atoms with Crippen molar-refractivity contribution in [3.05, 3.63) is 12.7 Å². The lowest BCUT2D eigenvalue weighted by molar-refractivity contribution is -0.235. The molecule has 0 aliphatic heterocycles. The fourth-order valence-corrected chi connectivity index (χ4v) is 7.16. The molecule has 0 heterocycles. The Morgan fingerprint density at radius 2 is 1.66 bits per heavy atom. The highest BCUT2D eigenvalue weighted by atomic mass is 16.6. The second-order valence-corrected chi connectivity index (χ2v) is 11.3. The van der Waals surface area contributed by atoms with Crippen LogP contribution in [0.25, 0.3) is 0 Å². The van der Waals surface area contributed by atoms with Gasteiger partial charge >= 0.3 is 17.9 Å². The van der Waals surface area contributed by atoms with Crippen LogP contribution in [0.2, 0.25) is 0 Å². The van der Waals surface area contributed by atoms with Gasteiger partial charge in [-0.25, -0.2) is 0 Å². The van der Waals surface area contributed by atoms with Crippen molar-refractivity contribution >= 4 is 17.9 Å². The predicted molar refractivity (Wildman–Crippen MR) is 123 cm³/mol. The largest absolute Gasteiger partial charge is 0.462 e. The Labute approximate surface area is 193 Å². The van der Waals surface area contributed by atoms with Gasteiger partial charge in [-0.05, 0) is 56.4 Å². The van der Waals surface area contributed by atoms with E-state index in [2.05, 4.69) is 27.4 Å². The van der Waals surface area contributed by atoms with E-state index in [0.717, 1.165) is 19.3 Å². The van der Waals surface area contributed by atoms with Crippen LogP contribution in [0.15, 0.2) is 12.7 Å². The van der Waals surface area contributed by atoms with Crippen LogP contribution in [0.3, 0.4) is 0 Å². The maximum absolute atomic E-state index is 12.2. The highest BCUT2D eigenvalue weighted by Gasteiger charge is 2.64. The van der Waals surface area contributed by atoms with Crippen molar-refractivity contribution in [2.45, 2.75) is 111 Å². The van der Waals surface area contributed by atoms with Crippen LogP contribution in [0.4, 0.5) is 0 Å². The highest BCUT2D eigenvalue weighted by molar-refractivity contribution is 5.67. The molecule has 0 aromatic rings.